The molecule has 2 heterocycles. The lowest BCUT2D eigenvalue weighted by atomic mass is 10.4. The molecule has 0 saturated heterocycles. The van der Waals surface area contributed by atoms with E-state index in [0.29, 0.717) is 5.75 Å². The average Bonchev–Trinajstić information content (AvgIpc) is 2.63. The molecule has 0 saturated carbocycles. The summed E-state index contributed by atoms with van der Waals surface area (Å²) in [7, 11) is 1.69. The topological polar surface area (TPSA) is 52.8 Å². The summed E-state index contributed by atoms with van der Waals surface area (Å²) in [5.41, 5.74) is -1.06. The van der Waals surface area contributed by atoms with Gasteiger partial charge in [-0.05, 0) is 6.07 Å². The van der Waals surface area contributed by atoms with Crippen molar-refractivity contribution in [3.8, 4) is 11.6 Å². The third-order valence-electron chi connectivity index (χ3n) is 1.83. The first kappa shape index (κ1) is 11.4. The monoisotopic (exact) mass is 244 g/mol. The second kappa shape index (κ2) is 4.04. The Kier molecular flexibility index (Phi) is 2.70. The van der Waals surface area contributed by atoms with Crippen LogP contribution in [0.25, 0.3) is 0 Å². The number of aryl methyl sites for hydroxylation is 1. The molecule has 0 aliphatic rings. The van der Waals surface area contributed by atoms with Gasteiger partial charge in [0.2, 0.25) is 5.88 Å². The standard InChI is InChI=1S/C9H7F3N4O/c1-16-5-6(4-13-16)17-8-3-2-7(14-15-8)9(10,11)12/h2-5H,1H3. The zero-order valence-electron chi connectivity index (χ0n) is 8.64. The van der Waals surface area contributed by atoms with Gasteiger partial charge in [-0.2, -0.15) is 18.3 Å². The third kappa shape index (κ3) is 2.71. The van der Waals surface area contributed by atoms with Crippen molar-refractivity contribution in [2.24, 2.45) is 7.05 Å². The van der Waals surface area contributed by atoms with Gasteiger partial charge in [-0.15, -0.1) is 10.2 Å². The Morgan fingerprint density at radius 3 is 2.47 bits per heavy atom. The van der Waals surface area contributed by atoms with Gasteiger partial charge >= 0.3 is 6.18 Å². The molecule has 5 nitrogen and oxygen atoms in total. The largest absolute Gasteiger partial charge is 0.435 e. The van der Waals surface area contributed by atoms with Crippen molar-refractivity contribution in [1.29, 1.82) is 0 Å². The second-order valence-electron chi connectivity index (χ2n) is 3.21. The molecule has 2 aromatic rings. The number of nitrogens with zero attached hydrogens (tertiary/aromatic N) is 4. The van der Waals surface area contributed by atoms with Gasteiger partial charge in [-0.3, -0.25) is 4.68 Å². The zero-order chi connectivity index (χ0) is 12.5. The van der Waals surface area contributed by atoms with E-state index in [-0.39, 0.29) is 5.88 Å². The summed E-state index contributed by atoms with van der Waals surface area (Å²) < 4.78 is 43.2. The van der Waals surface area contributed by atoms with Crippen LogP contribution in [0.2, 0.25) is 0 Å². The predicted molar refractivity (Wildman–Crippen MR) is 50.3 cm³/mol. The van der Waals surface area contributed by atoms with E-state index in [4.69, 9.17) is 4.74 Å². The molecule has 0 bridgehead atoms. The van der Waals surface area contributed by atoms with Gasteiger partial charge in [0.05, 0.1) is 12.4 Å². The quantitative estimate of drug-likeness (QED) is 0.811. The second-order valence-corrected chi connectivity index (χ2v) is 3.21. The summed E-state index contributed by atoms with van der Waals surface area (Å²) in [6.07, 6.45) is -1.53. The van der Waals surface area contributed by atoms with Gasteiger partial charge in [-0.1, -0.05) is 0 Å². The van der Waals surface area contributed by atoms with Crippen LogP contribution >= 0.6 is 0 Å². The minimum Gasteiger partial charge on any atom is -0.434 e. The molecular weight excluding hydrogens is 237 g/mol. The van der Waals surface area contributed by atoms with Crippen LogP contribution in [-0.2, 0) is 13.2 Å². The van der Waals surface area contributed by atoms with Gasteiger partial charge in [0.25, 0.3) is 0 Å². The molecule has 8 heteroatoms. The molecule has 0 N–H and O–H groups in total. The highest BCUT2D eigenvalue weighted by Gasteiger charge is 2.32. The van der Waals surface area contributed by atoms with Crippen LogP contribution in [-0.4, -0.2) is 20.0 Å². The summed E-state index contributed by atoms with van der Waals surface area (Å²) in [5.74, 6) is 0.354. The van der Waals surface area contributed by atoms with Gasteiger partial charge in [0.1, 0.15) is 0 Å². The number of halogens is 3. The van der Waals surface area contributed by atoms with Gasteiger partial charge in [0.15, 0.2) is 11.4 Å². The van der Waals surface area contributed by atoms with E-state index in [0.717, 1.165) is 12.1 Å². The summed E-state index contributed by atoms with van der Waals surface area (Å²) in [6.45, 7) is 0. The number of alkyl halides is 3. The highest BCUT2D eigenvalue weighted by Crippen LogP contribution is 2.28. The highest BCUT2D eigenvalue weighted by molar-refractivity contribution is 5.21. The van der Waals surface area contributed by atoms with Crippen LogP contribution < -0.4 is 4.74 Å². The van der Waals surface area contributed by atoms with E-state index < -0.39 is 11.9 Å². The smallest absolute Gasteiger partial charge is 0.434 e. The Morgan fingerprint density at radius 1 is 1.24 bits per heavy atom. The molecule has 0 atom stereocenters. The van der Waals surface area contributed by atoms with Crippen molar-refractivity contribution < 1.29 is 17.9 Å². The van der Waals surface area contributed by atoms with Crippen molar-refractivity contribution in [3.05, 3.63) is 30.2 Å². The van der Waals surface area contributed by atoms with E-state index in [1.165, 1.54) is 10.9 Å². The molecule has 2 aromatic heterocycles. The van der Waals surface area contributed by atoms with Gasteiger partial charge < -0.3 is 4.74 Å². The first-order valence-corrected chi connectivity index (χ1v) is 4.52. The van der Waals surface area contributed by atoms with Crippen molar-refractivity contribution in [3.63, 3.8) is 0 Å². The molecule has 0 spiro atoms. The lowest BCUT2D eigenvalue weighted by Gasteiger charge is -2.05. The summed E-state index contributed by atoms with van der Waals surface area (Å²) in [6, 6.07) is 1.90. The molecule has 0 radical (unpaired) electrons. The fraction of sp³-hybridized carbons (Fsp3) is 0.222. The fourth-order valence-electron chi connectivity index (χ4n) is 1.10. The van der Waals surface area contributed by atoms with Crippen LogP contribution in [0.15, 0.2) is 24.5 Å². The highest BCUT2D eigenvalue weighted by atomic mass is 19.4. The predicted octanol–water partition coefficient (Wildman–Crippen LogP) is 2.02. The zero-order valence-corrected chi connectivity index (χ0v) is 8.64. The van der Waals surface area contributed by atoms with E-state index in [2.05, 4.69) is 15.3 Å². The number of hydrogen-bond acceptors (Lipinski definition) is 4. The summed E-state index contributed by atoms with van der Waals surface area (Å²) in [4.78, 5) is 0. The Bertz CT molecular complexity index is 506. The maximum absolute atomic E-state index is 12.2. The lowest BCUT2D eigenvalue weighted by molar-refractivity contribution is -0.141. The molecule has 0 aliphatic carbocycles. The number of aromatic nitrogens is 4. The van der Waals surface area contributed by atoms with Gasteiger partial charge in [0, 0.05) is 13.1 Å². The van der Waals surface area contributed by atoms with Crippen molar-refractivity contribution in [2.75, 3.05) is 0 Å². The molecule has 0 fully saturated rings. The molecular formula is C9H7F3N4O. The van der Waals surface area contributed by atoms with E-state index in [1.54, 1.807) is 13.2 Å². The molecule has 0 unspecified atom stereocenters. The van der Waals surface area contributed by atoms with Crippen LogP contribution in [0.5, 0.6) is 11.6 Å². The van der Waals surface area contributed by atoms with Crippen LogP contribution in [0, 0.1) is 0 Å². The van der Waals surface area contributed by atoms with Crippen molar-refractivity contribution in [1.82, 2.24) is 20.0 Å². The summed E-state index contributed by atoms with van der Waals surface area (Å²) >= 11 is 0. The first-order valence-electron chi connectivity index (χ1n) is 4.52. The molecule has 0 aromatic carbocycles. The third-order valence-corrected chi connectivity index (χ3v) is 1.83. The SMILES string of the molecule is Cn1cc(Oc2ccc(C(F)(F)F)nn2)cn1. The number of hydrogen-bond donors (Lipinski definition) is 0. The Balaban J connectivity index is 2.13. The van der Waals surface area contributed by atoms with Crippen molar-refractivity contribution >= 4 is 0 Å². The van der Waals surface area contributed by atoms with Crippen LogP contribution in [0.3, 0.4) is 0 Å². The molecule has 0 amide bonds. The molecule has 90 valence electrons. The Hall–Kier alpha value is -2.12. The minimum atomic E-state index is -4.50. The average molecular weight is 244 g/mol. The maximum atomic E-state index is 12.2. The minimum absolute atomic E-state index is 0.0222. The Morgan fingerprint density at radius 2 is 2.00 bits per heavy atom. The number of ether oxygens (including phenoxy) is 1. The van der Waals surface area contributed by atoms with E-state index in [1.807, 2.05) is 0 Å². The van der Waals surface area contributed by atoms with Crippen LogP contribution in [0.4, 0.5) is 13.2 Å². The van der Waals surface area contributed by atoms with E-state index in [9.17, 15) is 13.2 Å². The maximum Gasteiger partial charge on any atom is 0.435 e. The first-order chi connectivity index (χ1) is 7.95. The summed E-state index contributed by atoms with van der Waals surface area (Å²) in [5, 5.41) is 10.2. The normalized spacial score (nSPS) is 11.5. The van der Waals surface area contributed by atoms with Crippen LogP contribution in [0.1, 0.15) is 5.69 Å². The molecule has 0 aliphatic heterocycles. The van der Waals surface area contributed by atoms with Gasteiger partial charge in [-0.25, -0.2) is 0 Å². The van der Waals surface area contributed by atoms with E-state index >= 15 is 0 Å². The molecule has 2 rings (SSSR count). The number of rotatable bonds is 2. The fourth-order valence-corrected chi connectivity index (χ4v) is 1.10. The lowest BCUT2D eigenvalue weighted by Crippen LogP contribution is -2.08. The van der Waals surface area contributed by atoms with Crippen molar-refractivity contribution in [2.45, 2.75) is 6.18 Å². The molecule has 17 heavy (non-hydrogen) atoms. The Labute approximate surface area is 93.8 Å².